The number of halogens is 1. The number of carbonyl (C=O) groups excluding carboxylic acids is 1. The number of ketones is 1. The first-order chi connectivity index (χ1) is 6.97. The van der Waals surface area contributed by atoms with Crippen molar-refractivity contribution in [1.29, 1.82) is 0 Å². The topological polar surface area (TPSA) is 44.8 Å². The van der Waals surface area contributed by atoms with E-state index in [0.717, 1.165) is 12.5 Å². The molecular weight excluding hydrogens is 236 g/mol. The van der Waals surface area contributed by atoms with Gasteiger partial charge in [-0.05, 0) is 20.3 Å². The lowest BCUT2D eigenvalue weighted by Crippen LogP contribution is -2.42. The molecule has 0 aliphatic rings. The number of alkyl halides is 1. The highest BCUT2D eigenvalue weighted by Gasteiger charge is 2.36. The van der Waals surface area contributed by atoms with Crippen LogP contribution in [0, 0.1) is 0 Å². The first kappa shape index (κ1) is 17.5. The van der Waals surface area contributed by atoms with Crippen molar-refractivity contribution >= 4 is 26.2 Å². The first-order valence-electron chi connectivity index (χ1n) is 4.66. The molecule has 0 radical (unpaired) electrons. The molecule has 4 nitrogen and oxygen atoms in total. The van der Waals surface area contributed by atoms with Crippen molar-refractivity contribution in [3.63, 3.8) is 0 Å². The molecule has 0 aliphatic heterocycles. The summed E-state index contributed by atoms with van der Waals surface area (Å²) in [4.78, 5) is 9.44. The second kappa shape index (κ2) is 10.6. The lowest BCUT2D eigenvalue weighted by Gasteiger charge is -2.23. The average molecular weight is 257 g/mol. The Bertz CT molecular complexity index is 150. The minimum atomic E-state index is -2.32. The van der Waals surface area contributed by atoms with Crippen LogP contribution < -0.4 is 0 Å². The monoisotopic (exact) mass is 256 g/mol. The van der Waals surface area contributed by atoms with Crippen molar-refractivity contribution in [2.45, 2.75) is 26.3 Å². The van der Waals surface area contributed by atoms with Gasteiger partial charge in [0.05, 0.1) is 0 Å². The molecule has 0 rings (SSSR count). The molecule has 0 saturated heterocycles. The molecule has 0 bridgehead atoms. The Labute approximate surface area is 98.2 Å². The van der Waals surface area contributed by atoms with E-state index in [1.807, 2.05) is 0 Å². The summed E-state index contributed by atoms with van der Waals surface area (Å²) in [6, 6.07) is 0.778. The van der Waals surface area contributed by atoms with Crippen LogP contribution in [0.3, 0.4) is 0 Å². The van der Waals surface area contributed by atoms with Gasteiger partial charge in [0.2, 0.25) is 0 Å². The lowest BCUT2D eigenvalue weighted by molar-refractivity contribution is -0.114. The zero-order valence-electron chi connectivity index (χ0n) is 10.1. The normalized spacial score (nSPS) is 10.5. The van der Waals surface area contributed by atoms with E-state index < -0.39 is 8.80 Å². The van der Waals surface area contributed by atoms with Crippen LogP contribution in [0.15, 0.2) is 0 Å². The van der Waals surface area contributed by atoms with Crippen molar-refractivity contribution in [3.05, 3.63) is 0 Å². The van der Waals surface area contributed by atoms with Gasteiger partial charge in [-0.3, -0.25) is 0 Å². The molecule has 0 aliphatic carbocycles. The summed E-state index contributed by atoms with van der Waals surface area (Å²) >= 11 is 5.53. The molecule has 0 aromatic carbocycles. The van der Waals surface area contributed by atoms with Crippen LogP contribution >= 0.6 is 11.6 Å². The van der Waals surface area contributed by atoms with Gasteiger partial charge in [-0.1, -0.05) is 0 Å². The number of rotatable bonds is 6. The fraction of sp³-hybridized carbons (Fsp3) is 0.889. The minimum Gasteiger partial charge on any atom is -0.377 e. The molecule has 0 atom stereocenters. The van der Waals surface area contributed by atoms with Crippen LogP contribution in [-0.2, 0) is 18.1 Å². The minimum absolute atomic E-state index is 0.167. The number of hydrogen-bond acceptors (Lipinski definition) is 4. The third-order valence-electron chi connectivity index (χ3n) is 1.55. The quantitative estimate of drug-likeness (QED) is 0.539. The number of Topliss-reactive ketones (excluding diaryl/α,β-unsaturated/α-hetero) is 1. The highest BCUT2D eigenvalue weighted by atomic mass is 35.5. The SMILES string of the molecule is CC(C)=O.CO[Si](CCCCl)(OC)OC. The van der Waals surface area contributed by atoms with Crippen LogP contribution in [-0.4, -0.2) is 41.8 Å². The predicted molar refractivity (Wildman–Crippen MR) is 63.3 cm³/mol. The van der Waals surface area contributed by atoms with Gasteiger partial charge in [0.15, 0.2) is 0 Å². The molecule has 0 saturated carbocycles. The molecule has 92 valence electrons. The van der Waals surface area contributed by atoms with Crippen molar-refractivity contribution in [3.8, 4) is 0 Å². The fourth-order valence-corrected chi connectivity index (χ4v) is 2.92. The van der Waals surface area contributed by atoms with Gasteiger partial charge < -0.3 is 18.1 Å². The van der Waals surface area contributed by atoms with E-state index in [0.29, 0.717) is 5.88 Å². The van der Waals surface area contributed by atoms with Gasteiger partial charge in [0.1, 0.15) is 5.78 Å². The molecule has 0 unspecified atom stereocenters. The summed E-state index contributed by atoms with van der Waals surface area (Å²) < 4.78 is 15.5. The predicted octanol–water partition coefficient (Wildman–Crippen LogP) is 2.09. The first-order valence-corrected chi connectivity index (χ1v) is 7.13. The molecule has 0 aromatic rings. The highest BCUT2D eigenvalue weighted by molar-refractivity contribution is 6.60. The van der Waals surface area contributed by atoms with E-state index in [1.54, 1.807) is 21.3 Å². The summed E-state index contributed by atoms with van der Waals surface area (Å²) in [5, 5.41) is 0. The van der Waals surface area contributed by atoms with E-state index in [1.165, 1.54) is 13.8 Å². The van der Waals surface area contributed by atoms with Gasteiger partial charge in [-0.2, -0.15) is 0 Å². The van der Waals surface area contributed by atoms with E-state index in [4.69, 9.17) is 24.9 Å². The van der Waals surface area contributed by atoms with E-state index in [2.05, 4.69) is 0 Å². The van der Waals surface area contributed by atoms with Gasteiger partial charge in [0, 0.05) is 33.3 Å². The third kappa shape index (κ3) is 10.3. The number of hydrogen-bond donors (Lipinski definition) is 0. The lowest BCUT2D eigenvalue weighted by atomic mass is 10.6. The Morgan fingerprint density at radius 3 is 1.67 bits per heavy atom. The maximum absolute atomic E-state index is 9.44. The van der Waals surface area contributed by atoms with Crippen molar-refractivity contribution in [1.82, 2.24) is 0 Å². The molecule has 0 amide bonds. The zero-order chi connectivity index (χ0) is 12.3. The van der Waals surface area contributed by atoms with Gasteiger partial charge in [0.25, 0.3) is 0 Å². The molecule has 0 N–H and O–H groups in total. The summed E-state index contributed by atoms with van der Waals surface area (Å²) in [7, 11) is 2.49. The molecule has 0 heterocycles. The second-order valence-electron chi connectivity index (χ2n) is 3.00. The maximum atomic E-state index is 9.44. The smallest absolute Gasteiger partial charge is 0.377 e. The number of carbonyl (C=O) groups is 1. The third-order valence-corrected chi connectivity index (χ3v) is 4.65. The summed E-state index contributed by atoms with van der Waals surface area (Å²) in [5.74, 6) is 0.783. The molecule has 6 heteroatoms. The molecule has 15 heavy (non-hydrogen) atoms. The Morgan fingerprint density at radius 2 is 1.47 bits per heavy atom. The van der Waals surface area contributed by atoms with E-state index in [-0.39, 0.29) is 5.78 Å². The van der Waals surface area contributed by atoms with Crippen LogP contribution in [0.25, 0.3) is 0 Å². The van der Waals surface area contributed by atoms with Crippen molar-refractivity contribution < 1.29 is 18.1 Å². The second-order valence-corrected chi connectivity index (χ2v) is 6.46. The Balaban J connectivity index is 0. The summed E-state index contributed by atoms with van der Waals surface area (Å²) in [5.41, 5.74) is 0. The van der Waals surface area contributed by atoms with Gasteiger partial charge in [-0.25, -0.2) is 0 Å². The van der Waals surface area contributed by atoms with Gasteiger partial charge in [-0.15, -0.1) is 11.6 Å². The van der Waals surface area contributed by atoms with Crippen LogP contribution in [0.1, 0.15) is 20.3 Å². The van der Waals surface area contributed by atoms with Crippen molar-refractivity contribution in [2.24, 2.45) is 0 Å². The van der Waals surface area contributed by atoms with Crippen molar-refractivity contribution in [2.75, 3.05) is 27.2 Å². The van der Waals surface area contributed by atoms with E-state index >= 15 is 0 Å². The fourth-order valence-electron chi connectivity index (χ4n) is 0.840. The van der Waals surface area contributed by atoms with E-state index in [9.17, 15) is 4.79 Å². The largest absolute Gasteiger partial charge is 0.500 e. The maximum Gasteiger partial charge on any atom is 0.500 e. The highest BCUT2D eigenvalue weighted by Crippen LogP contribution is 2.14. The standard InChI is InChI=1S/C6H15ClO3Si.C3H6O/c1-8-11(9-2,10-3)6-4-5-7;1-3(2)4/h4-6H2,1-3H3;1-2H3. The van der Waals surface area contributed by atoms with Crippen LogP contribution in [0.2, 0.25) is 6.04 Å². The Morgan fingerprint density at radius 1 is 1.13 bits per heavy atom. The van der Waals surface area contributed by atoms with Crippen LogP contribution in [0.4, 0.5) is 0 Å². The zero-order valence-corrected chi connectivity index (χ0v) is 11.9. The molecular formula is C9H21ClO4Si. The average Bonchev–Trinajstić information content (AvgIpc) is 2.20. The summed E-state index contributed by atoms with van der Waals surface area (Å²) in [6.07, 6.45) is 0.864. The summed E-state index contributed by atoms with van der Waals surface area (Å²) in [6.45, 7) is 3.06. The van der Waals surface area contributed by atoms with Crippen LogP contribution in [0.5, 0.6) is 0 Å². The molecule has 0 aromatic heterocycles. The molecule has 0 fully saturated rings. The Hall–Kier alpha value is 0.0569. The molecule has 0 spiro atoms. The van der Waals surface area contributed by atoms with Gasteiger partial charge >= 0.3 is 8.80 Å². The Kier molecular flexibility index (Phi) is 12.3.